The average Bonchev–Trinajstić information content (AvgIpc) is 2.40. The first kappa shape index (κ1) is 13.9. The number of rotatable bonds is 4. The maximum atomic E-state index is 13.3. The van der Waals surface area contributed by atoms with Crippen molar-refractivity contribution in [1.29, 1.82) is 0 Å². The Morgan fingerprint density at radius 1 is 1.21 bits per heavy atom. The highest BCUT2D eigenvalue weighted by Crippen LogP contribution is 2.26. The van der Waals surface area contributed by atoms with Gasteiger partial charge in [-0.25, -0.2) is 4.39 Å². The van der Waals surface area contributed by atoms with E-state index in [9.17, 15) is 4.39 Å². The van der Waals surface area contributed by atoms with Crippen LogP contribution >= 0.6 is 11.6 Å². The molecule has 1 atom stereocenters. The van der Waals surface area contributed by atoms with Gasteiger partial charge in [-0.05, 0) is 48.7 Å². The highest BCUT2D eigenvalue weighted by Gasteiger charge is 2.10. The van der Waals surface area contributed by atoms with Crippen LogP contribution in [0.2, 0.25) is 5.02 Å². The normalized spacial score (nSPS) is 12.2. The van der Waals surface area contributed by atoms with Crippen LogP contribution in [0.25, 0.3) is 0 Å². The highest BCUT2D eigenvalue weighted by atomic mass is 35.5. The van der Waals surface area contributed by atoms with Crippen molar-refractivity contribution in [1.82, 2.24) is 0 Å². The van der Waals surface area contributed by atoms with Gasteiger partial charge in [0.25, 0.3) is 0 Å². The van der Waals surface area contributed by atoms with Gasteiger partial charge in [-0.3, -0.25) is 0 Å². The average molecular weight is 278 g/mol. The molecular formula is C16H17ClFN. The van der Waals surface area contributed by atoms with Crippen LogP contribution in [0, 0.1) is 12.7 Å². The van der Waals surface area contributed by atoms with E-state index in [1.807, 2.05) is 31.2 Å². The first-order valence-electron chi connectivity index (χ1n) is 6.38. The van der Waals surface area contributed by atoms with E-state index in [4.69, 9.17) is 11.6 Å². The van der Waals surface area contributed by atoms with E-state index in [2.05, 4.69) is 12.2 Å². The van der Waals surface area contributed by atoms with Crippen LogP contribution in [0.5, 0.6) is 0 Å². The lowest BCUT2D eigenvalue weighted by molar-refractivity contribution is 0.621. The predicted molar refractivity (Wildman–Crippen MR) is 79.2 cm³/mol. The summed E-state index contributed by atoms with van der Waals surface area (Å²) in [7, 11) is 0. The monoisotopic (exact) mass is 277 g/mol. The van der Waals surface area contributed by atoms with Crippen LogP contribution in [0.15, 0.2) is 42.5 Å². The maximum absolute atomic E-state index is 13.3. The fourth-order valence-corrected chi connectivity index (χ4v) is 2.21. The standard InChI is InChI=1S/C16H17ClFN/c1-3-16(12-5-4-6-13(18)9-12)19-14-8-7-11(2)15(17)10-14/h4-10,16,19H,3H2,1-2H3. The van der Waals surface area contributed by atoms with Crippen LogP contribution in [0.4, 0.5) is 10.1 Å². The van der Waals surface area contributed by atoms with Crippen molar-refractivity contribution in [2.75, 3.05) is 5.32 Å². The second kappa shape index (κ2) is 6.07. The molecule has 0 bridgehead atoms. The van der Waals surface area contributed by atoms with Crippen LogP contribution in [-0.2, 0) is 0 Å². The molecule has 0 aromatic heterocycles. The molecule has 0 saturated heterocycles. The third-order valence-corrected chi connectivity index (χ3v) is 3.58. The van der Waals surface area contributed by atoms with Gasteiger partial charge in [0.2, 0.25) is 0 Å². The number of halogens is 2. The molecule has 0 fully saturated rings. The quantitative estimate of drug-likeness (QED) is 0.794. The lowest BCUT2D eigenvalue weighted by Gasteiger charge is -2.19. The van der Waals surface area contributed by atoms with E-state index < -0.39 is 0 Å². The third kappa shape index (κ3) is 3.48. The molecule has 0 saturated carbocycles. The summed E-state index contributed by atoms with van der Waals surface area (Å²) in [5.41, 5.74) is 2.94. The summed E-state index contributed by atoms with van der Waals surface area (Å²) < 4.78 is 13.3. The Balaban J connectivity index is 2.21. The third-order valence-electron chi connectivity index (χ3n) is 3.17. The van der Waals surface area contributed by atoms with E-state index in [0.29, 0.717) is 0 Å². The lowest BCUT2D eigenvalue weighted by Crippen LogP contribution is -2.09. The molecule has 1 nitrogen and oxygen atoms in total. The predicted octanol–water partition coefficient (Wildman–Crippen LogP) is 5.35. The Labute approximate surface area is 118 Å². The van der Waals surface area contributed by atoms with E-state index in [1.54, 1.807) is 12.1 Å². The molecule has 0 aliphatic carbocycles. The zero-order valence-electron chi connectivity index (χ0n) is 11.1. The molecule has 19 heavy (non-hydrogen) atoms. The van der Waals surface area contributed by atoms with Gasteiger partial charge in [0.15, 0.2) is 0 Å². The second-order valence-electron chi connectivity index (χ2n) is 4.62. The van der Waals surface area contributed by atoms with Crippen molar-refractivity contribution in [2.45, 2.75) is 26.3 Å². The molecule has 0 heterocycles. The Morgan fingerprint density at radius 3 is 2.63 bits per heavy atom. The Kier molecular flexibility index (Phi) is 4.43. The first-order valence-corrected chi connectivity index (χ1v) is 6.76. The molecule has 0 spiro atoms. The Bertz CT molecular complexity index is 568. The first-order chi connectivity index (χ1) is 9.10. The zero-order valence-corrected chi connectivity index (χ0v) is 11.8. The molecule has 3 heteroatoms. The second-order valence-corrected chi connectivity index (χ2v) is 5.03. The topological polar surface area (TPSA) is 12.0 Å². The summed E-state index contributed by atoms with van der Waals surface area (Å²) >= 11 is 6.11. The van der Waals surface area contributed by atoms with Gasteiger partial charge in [0, 0.05) is 10.7 Å². The summed E-state index contributed by atoms with van der Waals surface area (Å²) in [5, 5.41) is 4.12. The maximum Gasteiger partial charge on any atom is 0.123 e. The molecule has 0 aliphatic rings. The van der Waals surface area contributed by atoms with Crippen molar-refractivity contribution in [3.8, 4) is 0 Å². The molecule has 1 N–H and O–H groups in total. The van der Waals surface area contributed by atoms with E-state index in [1.165, 1.54) is 6.07 Å². The minimum atomic E-state index is -0.209. The van der Waals surface area contributed by atoms with Gasteiger partial charge >= 0.3 is 0 Å². The molecule has 0 radical (unpaired) electrons. The largest absolute Gasteiger partial charge is 0.378 e. The van der Waals surface area contributed by atoms with Crippen molar-refractivity contribution in [3.05, 3.63) is 64.4 Å². The lowest BCUT2D eigenvalue weighted by atomic mass is 10.0. The number of aryl methyl sites for hydroxylation is 1. The highest BCUT2D eigenvalue weighted by molar-refractivity contribution is 6.31. The molecule has 1 unspecified atom stereocenters. The number of hydrogen-bond donors (Lipinski definition) is 1. The van der Waals surface area contributed by atoms with Gasteiger partial charge in [0.05, 0.1) is 6.04 Å². The van der Waals surface area contributed by atoms with Crippen LogP contribution in [0.1, 0.15) is 30.5 Å². The molecule has 2 aromatic rings. The summed E-state index contributed by atoms with van der Waals surface area (Å²) in [6.45, 7) is 4.04. The number of nitrogens with one attached hydrogen (secondary N) is 1. The van der Waals surface area contributed by atoms with E-state index in [0.717, 1.165) is 28.3 Å². The molecule has 2 rings (SSSR count). The van der Waals surface area contributed by atoms with Gasteiger partial charge in [-0.15, -0.1) is 0 Å². The van der Waals surface area contributed by atoms with Crippen LogP contribution in [-0.4, -0.2) is 0 Å². The SMILES string of the molecule is CCC(Nc1ccc(C)c(Cl)c1)c1cccc(F)c1. The molecule has 100 valence electrons. The minimum Gasteiger partial charge on any atom is -0.378 e. The Hall–Kier alpha value is -1.54. The van der Waals surface area contributed by atoms with Crippen molar-refractivity contribution in [3.63, 3.8) is 0 Å². The molecule has 0 aliphatic heterocycles. The Morgan fingerprint density at radius 2 is 2.00 bits per heavy atom. The molecule has 0 amide bonds. The smallest absolute Gasteiger partial charge is 0.123 e. The van der Waals surface area contributed by atoms with Gasteiger partial charge < -0.3 is 5.32 Å². The van der Waals surface area contributed by atoms with E-state index >= 15 is 0 Å². The van der Waals surface area contributed by atoms with Crippen molar-refractivity contribution in [2.24, 2.45) is 0 Å². The van der Waals surface area contributed by atoms with Gasteiger partial charge in [-0.1, -0.05) is 36.7 Å². The van der Waals surface area contributed by atoms with Gasteiger partial charge in [-0.2, -0.15) is 0 Å². The van der Waals surface area contributed by atoms with Crippen LogP contribution < -0.4 is 5.32 Å². The number of benzene rings is 2. The molecular weight excluding hydrogens is 261 g/mol. The number of hydrogen-bond acceptors (Lipinski definition) is 1. The molecule has 2 aromatic carbocycles. The summed E-state index contributed by atoms with van der Waals surface area (Å²) in [5.74, 6) is -0.209. The fraction of sp³-hybridized carbons (Fsp3) is 0.250. The van der Waals surface area contributed by atoms with Crippen LogP contribution in [0.3, 0.4) is 0 Å². The number of anilines is 1. The fourth-order valence-electron chi connectivity index (χ4n) is 2.03. The summed E-state index contributed by atoms with van der Waals surface area (Å²) in [4.78, 5) is 0. The van der Waals surface area contributed by atoms with Crippen molar-refractivity contribution >= 4 is 17.3 Å². The van der Waals surface area contributed by atoms with Gasteiger partial charge in [0.1, 0.15) is 5.82 Å². The minimum absolute atomic E-state index is 0.0782. The zero-order chi connectivity index (χ0) is 13.8. The summed E-state index contributed by atoms with van der Waals surface area (Å²) in [6, 6.07) is 12.6. The summed E-state index contributed by atoms with van der Waals surface area (Å²) in [6.07, 6.45) is 0.870. The van der Waals surface area contributed by atoms with E-state index in [-0.39, 0.29) is 11.9 Å². The van der Waals surface area contributed by atoms with Crippen molar-refractivity contribution < 1.29 is 4.39 Å².